The average Bonchev–Trinajstić information content (AvgIpc) is 2.43. The lowest BCUT2D eigenvalue weighted by molar-refractivity contribution is -0.117. The normalized spacial score (nSPS) is 15.7. The number of anilines is 1. The average molecular weight is 332 g/mol. The molecular weight excluding hydrogens is 317 g/mol. The second kappa shape index (κ2) is 7.09. The van der Waals surface area contributed by atoms with Crippen LogP contribution in [0.15, 0.2) is 12.1 Å². The number of hydrogen-bond acceptors (Lipinski definition) is 4. The minimum atomic E-state index is -1.13. The van der Waals surface area contributed by atoms with E-state index in [0.29, 0.717) is 0 Å². The zero-order chi connectivity index (χ0) is 15.4. The number of carbonyl (C=O) groups excluding carboxylic acids is 1. The Morgan fingerprint density at radius 3 is 2.33 bits per heavy atom. The number of aromatic carboxylic acids is 1. The molecule has 0 aromatic heterocycles. The lowest BCUT2D eigenvalue weighted by Gasteiger charge is -2.26. The Kier molecular flexibility index (Phi) is 5.41. The Labute approximate surface area is 132 Å². The highest BCUT2D eigenvalue weighted by Crippen LogP contribution is 2.31. The van der Waals surface area contributed by atoms with Crippen LogP contribution in [0.3, 0.4) is 0 Å². The molecule has 1 aliphatic heterocycles. The van der Waals surface area contributed by atoms with Crippen LogP contribution in [-0.2, 0) is 4.79 Å². The number of amides is 1. The quantitative estimate of drug-likeness (QED) is 0.779. The molecule has 0 radical (unpaired) electrons. The van der Waals surface area contributed by atoms with Gasteiger partial charge >= 0.3 is 5.97 Å². The molecule has 1 amide bonds. The monoisotopic (exact) mass is 331 g/mol. The van der Waals surface area contributed by atoms with Gasteiger partial charge in [-0.2, -0.15) is 0 Å². The number of halogens is 2. The molecule has 0 spiro atoms. The predicted octanol–water partition coefficient (Wildman–Crippen LogP) is 1.54. The molecule has 2 rings (SSSR count). The van der Waals surface area contributed by atoms with E-state index in [0.717, 1.165) is 26.2 Å². The molecule has 1 saturated heterocycles. The molecule has 1 fully saturated rings. The molecule has 0 saturated carbocycles. The number of hydrogen-bond donors (Lipinski definition) is 3. The van der Waals surface area contributed by atoms with Crippen LogP contribution in [0.5, 0.6) is 0 Å². The number of benzene rings is 1. The highest BCUT2D eigenvalue weighted by molar-refractivity contribution is 6.40. The van der Waals surface area contributed by atoms with Crippen molar-refractivity contribution in [1.29, 1.82) is 0 Å². The largest absolute Gasteiger partial charge is 0.478 e. The summed E-state index contributed by atoms with van der Waals surface area (Å²) in [7, 11) is 0. The van der Waals surface area contributed by atoms with Gasteiger partial charge in [0.2, 0.25) is 5.91 Å². The SMILES string of the molecule is O=C(CN1CCNCC1)Nc1c(Cl)cc(C(=O)O)cc1Cl. The zero-order valence-electron chi connectivity index (χ0n) is 11.2. The minimum absolute atomic E-state index is 0.0231. The Hall–Kier alpha value is -1.34. The van der Waals surface area contributed by atoms with Crippen LogP contribution in [0.1, 0.15) is 10.4 Å². The van der Waals surface area contributed by atoms with Gasteiger partial charge in [-0.1, -0.05) is 23.2 Å². The number of rotatable bonds is 4. The number of nitrogens with one attached hydrogen (secondary N) is 2. The zero-order valence-corrected chi connectivity index (χ0v) is 12.7. The van der Waals surface area contributed by atoms with Crippen molar-refractivity contribution in [3.8, 4) is 0 Å². The minimum Gasteiger partial charge on any atom is -0.478 e. The van der Waals surface area contributed by atoms with E-state index in [4.69, 9.17) is 28.3 Å². The molecule has 0 bridgehead atoms. The number of nitrogens with zero attached hydrogens (tertiary/aromatic N) is 1. The van der Waals surface area contributed by atoms with Gasteiger partial charge < -0.3 is 15.7 Å². The van der Waals surface area contributed by atoms with E-state index in [9.17, 15) is 9.59 Å². The molecule has 0 aliphatic carbocycles. The Morgan fingerprint density at radius 1 is 1.24 bits per heavy atom. The summed E-state index contributed by atoms with van der Waals surface area (Å²) in [5.74, 6) is -1.36. The molecule has 1 aromatic carbocycles. The first kappa shape index (κ1) is 16.0. The lowest BCUT2D eigenvalue weighted by Crippen LogP contribution is -2.46. The highest BCUT2D eigenvalue weighted by Gasteiger charge is 2.17. The second-order valence-corrected chi connectivity index (χ2v) is 5.51. The van der Waals surface area contributed by atoms with Gasteiger partial charge in [0, 0.05) is 26.2 Å². The van der Waals surface area contributed by atoms with E-state index in [1.54, 1.807) is 0 Å². The van der Waals surface area contributed by atoms with Crippen molar-refractivity contribution in [3.05, 3.63) is 27.7 Å². The third kappa shape index (κ3) is 4.31. The summed E-state index contributed by atoms with van der Waals surface area (Å²) >= 11 is 12.0. The fraction of sp³-hybridized carbons (Fsp3) is 0.385. The molecule has 1 aromatic rings. The smallest absolute Gasteiger partial charge is 0.335 e. The van der Waals surface area contributed by atoms with Crippen LogP contribution in [-0.4, -0.2) is 54.6 Å². The predicted molar refractivity (Wildman–Crippen MR) is 81.4 cm³/mol. The number of carboxylic acid groups (broad SMARTS) is 1. The van der Waals surface area contributed by atoms with Gasteiger partial charge in [-0.3, -0.25) is 9.69 Å². The fourth-order valence-electron chi connectivity index (χ4n) is 2.07. The van der Waals surface area contributed by atoms with E-state index < -0.39 is 5.97 Å². The maximum atomic E-state index is 12.0. The first-order valence-corrected chi connectivity index (χ1v) is 7.18. The summed E-state index contributed by atoms with van der Waals surface area (Å²) in [5.41, 5.74) is 0.216. The van der Waals surface area contributed by atoms with Crippen molar-refractivity contribution in [1.82, 2.24) is 10.2 Å². The third-order valence-corrected chi connectivity index (χ3v) is 3.73. The number of carbonyl (C=O) groups is 2. The third-order valence-electron chi connectivity index (χ3n) is 3.13. The van der Waals surface area contributed by atoms with Crippen LogP contribution in [0, 0.1) is 0 Å². The maximum Gasteiger partial charge on any atom is 0.335 e. The topological polar surface area (TPSA) is 81.7 Å². The first-order chi connectivity index (χ1) is 9.97. The van der Waals surface area contributed by atoms with Crippen LogP contribution in [0.25, 0.3) is 0 Å². The Bertz CT molecular complexity index is 537. The number of piperazine rings is 1. The molecule has 21 heavy (non-hydrogen) atoms. The van der Waals surface area contributed by atoms with Crippen molar-refractivity contribution in [2.75, 3.05) is 38.0 Å². The molecule has 114 valence electrons. The fourth-order valence-corrected chi connectivity index (χ4v) is 2.65. The van der Waals surface area contributed by atoms with Crippen molar-refractivity contribution in [2.24, 2.45) is 0 Å². The van der Waals surface area contributed by atoms with Crippen LogP contribution < -0.4 is 10.6 Å². The van der Waals surface area contributed by atoms with E-state index in [2.05, 4.69) is 10.6 Å². The molecule has 8 heteroatoms. The second-order valence-electron chi connectivity index (χ2n) is 4.69. The Morgan fingerprint density at radius 2 is 1.81 bits per heavy atom. The lowest BCUT2D eigenvalue weighted by atomic mass is 10.2. The van der Waals surface area contributed by atoms with Gasteiger partial charge in [-0.05, 0) is 12.1 Å². The molecule has 0 unspecified atom stereocenters. The van der Waals surface area contributed by atoms with Gasteiger partial charge in [0.1, 0.15) is 0 Å². The maximum absolute atomic E-state index is 12.0. The van der Waals surface area contributed by atoms with E-state index >= 15 is 0 Å². The van der Waals surface area contributed by atoms with E-state index in [1.165, 1.54) is 12.1 Å². The van der Waals surface area contributed by atoms with Gasteiger partial charge in [-0.15, -0.1) is 0 Å². The van der Waals surface area contributed by atoms with E-state index in [1.807, 2.05) is 4.90 Å². The number of carboxylic acids is 1. The standard InChI is InChI=1S/C13H15Cl2N3O3/c14-9-5-8(13(20)21)6-10(15)12(9)17-11(19)7-18-3-1-16-2-4-18/h5-6,16H,1-4,7H2,(H,17,19)(H,20,21). The van der Waals surface area contributed by atoms with Gasteiger partial charge in [-0.25, -0.2) is 4.79 Å². The van der Waals surface area contributed by atoms with Gasteiger partial charge in [0.25, 0.3) is 0 Å². The van der Waals surface area contributed by atoms with Gasteiger partial charge in [0.15, 0.2) is 0 Å². The summed E-state index contributed by atoms with van der Waals surface area (Å²) in [5, 5.41) is 15.0. The summed E-state index contributed by atoms with van der Waals surface area (Å²) in [6, 6.07) is 2.52. The van der Waals surface area contributed by atoms with Crippen LogP contribution in [0.4, 0.5) is 5.69 Å². The first-order valence-electron chi connectivity index (χ1n) is 6.42. The summed E-state index contributed by atoms with van der Waals surface area (Å²) < 4.78 is 0. The molecule has 1 heterocycles. The molecule has 1 aliphatic rings. The molecule has 0 atom stereocenters. The Balaban J connectivity index is 2.04. The molecule has 6 nitrogen and oxygen atoms in total. The van der Waals surface area contributed by atoms with Crippen molar-refractivity contribution >= 4 is 40.8 Å². The summed E-state index contributed by atoms with van der Waals surface area (Å²) in [6.45, 7) is 3.54. The summed E-state index contributed by atoms with van der Waals surface area (Å²) in [4.78, 5) is 24.9. The van der Waals surface area contributed by atoms with Gasteiger partial charge in [0.05, 0.1) is 27.8 Å². The van der Waals surface area contributed by atoms with Crippen LogP contribution >= 0.6 is 23.2 Å². The van der Waals surface area contributed by atoms with Crippen molar-refractivity contribution in [2.45, 2.75) is 0 Å². The molecular formula is C13H15Cl2N3O3. The van der Waals surface area contributed by atoms with E-state index in [-0.39, 0.29) is 33.7 Å². The highest BCUT2D eigenvalue weighted by atomic mass is 35.5. The van der Waals surface area contributed by atoms with Crippen molar-refractivity contribution < 1.29 is 14.7 Å². The summed E-state index contributed by atoms with van der Waals surface area (Å²) in [6.07, 6.45) is 0. The van der Waals surface area contributed by atoms with Crippen LogP contribution in [0.2, 0.25) is 10.0 Å². The van der Waals surface area contributed by atoms with Crippen molar-refractivity contribution in [3.63, 3.8) is 0 Å². The molecule has 3 N–H and O–H groups in total.